The zero-order valence-electron chi connectivity index (χ0n) is 8.54. The van der Waals surface area contributed by atoms with Crippen LogP contribution in [0.3, 0.4) is 0 Å². The highest BCUT2D eigenvalue weighted by molar-refractivity contribution is 5.47. The van der Waals surface area contributed by atoms with Gasteiger partial charge in [-0.2, -0.15) is 0 Å². The molecule has 84 valence electrons. The number of hydrogen-bond acceptors (Lipinski definition) is 3. The Kier molecular flexibility index (Phi) is 3.22. The zero-order valence-corrected chi connectivity index (χ0v) is 8.54. The molecule has 0 saturated carbocycles. The molecule has 1 atom stereocenters. The standard InChI is InChI=1S/C12H11FNO2/c13-10-4-3-5-11(8-10)14(15)9-12-6-1-2-7-16-12/h1-8,12H,9H2/q-1. The minimum Gasteiger partial charge on any atom is -0.758 e. The molecule has 0 spiro atoms. The van der Waals surface area contributed by atoms with Crippen LogP contribution in [0.1, 0.15) is 0 Å². The number of hydrogen-bond donors (Lipinski definition) is 0. The van der Waals surface area contributed by atoms with E-state index in [0.717, 1.165) is 5.06 Å². The summed E-state index contributed by atoms with van der Waals surface area (Å²) in [4.78, 5) is 0. The summed E-state index contributed by atoms with van der Waals surface area (Å²) < 4.78 is 18.1. The third kappa shape index (κ3) is 2.61. The number of halogens is 1. The quantitative estimate of drug-likeness (QED) is 0.734. The molecule has 0 amide bonds. The van der Waals surface area contributed by atoms with Crippen LogP contribution < -0.4 is 5.06 Å². The molecule has 1 aliphatic rings. The third-order valence-corrected chi connectivity index (χ3v) is 2.21. The number of anilines is 1. The normalized spacial score (nSPS) is 18.2. The monoisotopic (exact) mass is 220 g/mol. The van der Waals surface area contributed by atoms with Gasteiger partial charge in [0.15, 0.2) is 0 Å². The molecule has 1 aromatic rings. The Balaban J connectivity index is 2.00. The van der Waals surface area contributed by atoms with Crippen molar-refractivity contribution in [3.05, 3.63) is 59.8 Å². The van der Waals surface area contributed by atoms with Crippen LogP contribution in [0.25, 0.3) is 0 Å². The molecule has 2 rings (SSSR count). The molecule has 0 bridgehead atoms. The van der Waals surface area contributed by atoms with Gasteiger partial charge in [0.1, 0.15) is 11.9 Å². The molecule has 3 nitrogen and oxygen atoms in total. The Labute approximate surface area is 93.0 Å². The summed E-state index contributed by atoms with van der Waals surface area (Å²) in [6.45, 7) is 0.143. The summed E-state index contributed by atoms with van der Waals surface area (Å²) in [7, 11) is 0. The lowest BCUT2D eigenvalue weighted by molar-refractivity contribution is 0.189. The maximum Gasteiger partial charge on any atom is 0.133 e. The Morgan fingerprint density at radius 1 is 1.38 bits per heavy atom. The highest BCUT2D eigenvalue weighted by atomic mass is 19.1. The van der Waals surface area contributed by atoms with Gasteiger partial charge in [0.05, 0.1) is 6.26 Å². The van der Waals surface area contributed by atoms with E-state index in [2.05, 4.69) is 0 Å². The lowest BCUT2D eigenvalue weighted by atomic mass is 10.2. The van der Waals surface area contributed by atoms with E-state index in [-0.39, 0.29) is 12.6 Å². The molecule has 0 radical (unpaired) electrons. The smallest absolute Gasteiger partial charge is 0.133 e. The van der Waals surface area contributed by atoms with Crippen LogP contribution in [0.4, 0.5) is 10.1 Å². The summed E-state index contributed by atoms with van der Waals surface area (Å²) in [5, 5.41) is 12.4. The summed E-state index contributed by atoms with van der Waals surface area (Å²) >= 11 is 0. The molecule has 0 N–H and O–H groups in total. The van der Waals surface area contributed by atoms with Crippen molar-refractivity contribution in [2.45, 2.75) is 6.10 Å². The SMILES string of the molecule is [O-]N(CC1C=CC=CO1)c1cccc(F)c1. The van der Waals surface area contributed by atoms with Gasteiger partial charge < -0.3 is 15.0 Å². The molecule has 0 saturated heterocycles. The molecule has 16 heavy (non-hydrogen) atoms. The van der Waals surface area contributed by atoms with Crippen molar-refractivity contribution in [2.75, 3.05) is 11.6 Å². The van der Waals surface area contributed by atoms with Crippen LogP contribution in [0.5, 0.6) is 0 Å². The van der Waals surface area contributed by atoms with E-state index >= 15 is 0 Å². The fourth-order valence-corrected chi connectivity index (χ4v) is 1.43. The summed E-state index contributed by atoms with van der Waals surface area (Å²) in [5.41, 5.74) is 0.298. The third-order valence-electron chi connectivity index (χ3n) is 2.21. The first-order chi connectivity index (χ1) is 7.75. The van der Waals surface area contributed by atoms with Gasteiger partial charge in [-0.05, 0) is 30.4 Å². The van der Waals surface area contributed by atoms with Crippen LogP contribution in [0.15, 0.2) is 48.8 Å². The van der Waals surface area contributed by atoms with E-state index < -0.39 is 5.82 Å². The maximum absolute atomic E-state index is 12.9. The highest BCUT2D eigenvalue weighted by Crippen LogP contribution is 2.16. The van der Waals surface area contributed by atoms with E-state index in [4.69, 9.17) is 4.74 Å². The van der Waals surface area contributed by atoms with Crippen LogP contribution >= 0.6 is 0 Å². The van der Waals surface area contributed by atoms with Gasteiger partial charge in [-0.3, -0.25) is 0 Å². The van der Waals surface area contributed by atoms with E-state index in [1.54, 1.807) is 18.2 Å². The summed E-state index contributed by atoms with van der Waals surface area (Å²) in [6, 6.07) is 5.58. The second-order valence-electron chi connectivity index (χ2n) is 3.43. The predicted molar refractivity (Wildman–Crippen MR) is 60.3 cm³/mol. The van der Waals surface area contributed by atoms with Gasteiger partial charge in [0.2, 0.25) is 0 Å². The number of allylic oxidation sites excluding steroid dienone is 2. The molecule has 0 aliphatic carbocycles. The Morgan fingerprint density at radius 3 is 2.94 bits per heavy atom. The Bertz CT molecular complexity index is 417. The van der Waals surface area contributed by atoms with Gasteiger partial charge in [0.25, 0.3) is 0 Å². The fourth-order valence-electron chi connectivity index (χ4n) is 1.43. The van der Waals surface area contributed by atoms with Crippen molar-refractivity contribution < 1.29 is 9.13 Å². The molecule has 1 heterocycles. The van der Waals surface area contributed by atoms with Crippen LogP contribution in [-0.2, 0) is 4.74 Å². The minimum absolute atomic E-state index is 0.143. The van der Waals surface area contributed by atoms with Gasteiger partial charge in [-0.1, -0.05) is 12.1 Å². The number of hydroxylamine groups is 1. The molecular weight excluding hydrogens is 209 g/mol. The van der Waals surface area contributed by atoms with E-state index in [1.165, 1.54) is 24.5 Å². The van der Waals surface area contributed by atoms with Crippen molar-refractivity contribution in [2.24, 2.45) is 0 Å². The minimum atomic E-state index is -0.418. The number of benzene rings is 1. The van der Waals surface area contributed by atoms with Gasteiger partial charge in [-0.25, -0.2) is 4.39 Å². The van der Waals surface area contributed by atoms with E-state index in [0.29, 0.717) is 5.69 Å². The molecule has 1 aromatic carbocycles. The Hall–Kier alpha value is -1.81. The first-order valence-corrected chi connectivity index (χ1v) is 4.95. The van der Waals surface area contributed by atoms with Crippen molar-refractivity contribution in [3.63, 3.8) is 0 Å². The largest absolute Gasteiger partial charge is 0.758 e. The molecule has 0 fully saturated rings. The summed E-state index contributed by atoms with van der Waals surface area (Å²) in [6.07, 6.45) is 6.58. The number of nitrogens with zero attached hydrogens (tertiary/aromatic N) is 1. The van der Waals surface area contributed by atoms with E-state index in [1.807, 2.05) is 6.08 Å². The lowest BCUT2D eigenvalue weighted by Gasteiger charge is -2.33. The summed E-state index contributed by atoms with van der Waals surface area (Å²) in [5.74, 6) is -0.418. The molecule has 0 aromatic heterocycles. The van der Waals surface area contributed by atoms with Gasteiger partial charge in [-0.15, -0.1) is 0 Å². The van der Waals surface area contributed by atoms with Crippen molar-refractivity contribution >= 4 is 5.69 Å². The van der Waals surface area contributed by atoms with Crippen LogP contribution in [0, 0.1) is 11.0 Å². The Morgan fingerprint density at radius 2 is 2.25 bits per heavy atom. The van der Waals surface area contributed by atoms with Crippen molar-refractivity contribution in [1.29, 1.82) is 0 Å². The predicted octanol–water partition coefficient (Wildman–Crippen LogP) is 2.60. The molecule has 4 heteroatoms. The van der Waals surface area contributed by atoms with Crippen LogP contribution in [0.2, 0.25) is 0 Å². The first kappa shape index (κ1) is 10.7. The van der Waals surface area contributed by atoms with Gasteiger partial charge >= 0.3 is 0 Å². The molecule has 1 unspecified atom stereocenters. The first-order valence-electron chi connectivity index (χ1n) is 4.95. The average Bonchev–Trinajstić information content (AvgIpc) is 2.30. The van der Waals surface area contributed by atoms with Crippen molar-refractivity contribution in [1.82, 2.24) is 0 Å². The lowest BCUT2D eigenvalue weighted by Crippen LogP contribution is -2.28. The van der Waals surface area contributed by atoms with Crippen molar-refractivity contribution in [3.8, 4) is 0 Å². The fraction of sp³-hybridized carbons (Fsp3) is 0.167. The average molecular weight is 220 g/mol. The molecule has 1 aliphatic heterocycles. The highest BCUT2D eigenvalue weighted by Gasteiger charge is 2.07. The topological polar surface area (TPSA) is 35.5 Å². The maximum atomic E-state index is 12.9. The molecular formula is C12H11FNO2-. The van der Waals surface area contributed by atoms with E-state index in [9.17, 15) is 9.60 Å². The second-order valence-corrected chi connectivity index (χ2v) is 3.43. The second kappa shape index (κ2) is 4.81. The van der Waals surface area contributed by atoms with Gasteiger partial charge in [0, 0.05) is 12.2 Å². The number of ether oxygens (including phenoxy) is 1. The zero-order chi connectivity index (χ0) is 11.4. The van der Waals surface area contributed by atoms with Crippen LogP contribution in [-0.4, -0.2) is 12.6 Å². The number of rotatable bonds is 3.